The summed E-state index contributed by atoms with van der Waals surface area (Å²) in [5, 5.41) is 19.6. The molecule has 1 aliphatic heterocycles. The Morgan fingerprint density at radius 2 is 2.04 bits per heavy atom. The van der Waals surface area contributed by atoms with Crippen LogP contribution in [0.15, 0.2) is 18.3 Å². The lowest BCUT2D eigenvalue weighted by molar-refractivity contribution is -0.385. The second-order valence-corrected chi connectivity index (χ2v) is 5.66. The van der Waals surface area contributed by atoms with Gasteiger partial charge in [0.1, 0.15) is 12.0 Å². The first-order valence-electron chi connectivity index (χ1n) is 7.86. The van der Waals surface area contributed by atoms with Gasteiger partial charge in [-0.15, -0.1) is 0 Å². The Hall–Kier alpha value is -2.22. The SMILES string of the molecule is O=C(O)CCN(CCN1CCCCC1)c1ccc([N+](=O)[O-])cn1. The van der Waals surface area contributed by atoms with Gasteiger partial charge >= 0.3 is 5.97 Å². The number of carboxylic acids is 1. The summed E-state index contributed by atoms with van der Waals surface area (Å²) in [6.07, 6.45) is 4.89. The number of anilines is 1. The van der Waals surface area contributed by atoms with E-state index in [1.807, 2.05) is 4.90 Å². The van der Waals surface area contributed by atoms with Crippen LogP contribution < -0.4 is 4.90 Å². The highest BCUT2D eigenvalue weighted by atomic mass is 16.6. The van der Waals surface area contributed by atoms with Crippen LogP contribution in [0.5, 0.6) is 0 Å². The van der Waals surface area contributed by atoms with E-state index in [0.717, 1.165) is 19.6 Å². The smallest absolute Gasteiger partial charge is 0.305 e. The second-order valence-electron chi connectivity index (χ2n) is 5.66. The maximum atomic E-state index is 10.8. The maximum absolute atomic E-state index is 10.8. The van der Waals surface area contributed by atoms with Gasteiger partial charge in [-0.2, -0.15) is 0 Å². The van der Waals surface area contributed by atoms with Crippen molar-refractivity contribution in [3.63, 3.8) is 0 Å². The Morgan fingerprint density at radius 3 is 2.61 bits per heavy atom. The summed E-state index contributed by atoms with van der Waals surface area (Å²) >= 11 is 0. The second kappa shape index (κ2) is 8.42. The van der Waals surface area contributed by atoms with Gasteiger partial charge in [-0.05, 0) is 32.0 Å². The first-order valence-corrected chi connectivity index (χ1v) is 7.86. The molecule has 1 aromatic heterocycles. The number of pyridine rings is 1. The number of rotatable bonds is 8. The molecule has 8 nitrogen and oxygen atoms in total. The van der Waals surface area contributed by atoms with Crippen molar-refractivity contribution < 1.29 is 14.8 Å². The number of likely N-dealkylation sites (tertiary alicyclic amines) is 1. The van der Waals surface area contributed by atoms with Crippen LogP contribution in [0, 0.1) is 10.1 Å². The van der Waals surface area contributed by atoms with E-state index in [2.05, 4.69) is 9.88 Å². The molecule has 0 unspecified atom stereocenters. The van der Waals surface area contributed by atoms with Crippen molar-refractivity contribution in [1.82, 2.24) is 9.88 Å². The summed E-state index contributed by atoms with van der Waals surface area (Å²) in [4.78, 5) is 29.4. The molecule has 1 fully saturated rings. The predicted octanol–water partition coefficient (Wildman–Crippen LogP) is 1.76. The van der Waals surface area contributed by atoms with Gasteiger partial charge in [0, 0.05) is 25.7 Å². The van der Waals surface area contributed by atoms with E-state index < -0.39 is 10.9 Å². The summed E-state index contributed by atoms with van der Waals surface area (Å²) in [6, 6.07) is 2.98. The minimum atomic E-state index is -0.866. The number of hydrogen-bond donors (Lipinski definition) is 1. The van der Waals surface area contributed by atoms with E-state index in [-0.39, 0.29) is 12.1 Å². The number of nitrogens with zero attached hydrogens (tertiary/aromatic N) is 4. The molecule has 0 radical (unpaired) electrons. The van der Waals surface area contributed by atoms with Gasteiger partial charge < -0.3 is 14.9 Å². The fraction of sp³-hybridized carbons (Fsp3) is 0.600. The molecule has 1 N–H and O–H groups in total. The summed E-state index contributed by atoms with van der Waals surface area (Å²) in [5.74, 6) is -0.288. The molecule has 23 heavy (non-hydrogen) atoms. The molecular formula is C15H22N4O4. The number of piperidine rings is 1. The molecule has 1 aromatic rings. The van der Waals surface area contributed by atoms with Crippen molar-refractivity contribution >= 4 is 17.5 Å². The van der Waals surface area contributed by atoms with E-state index in [1.165, 1.54) is 31.5 Å². The van der Waals surface area contributed by atoms with E-state index >= 15 is 0 Å². The number of carboxylic acid groups (broad SMARTS) is 1. The first-order chi connectivity index (χ1) is 11.1. The van der Waals surface area contributed by atoms with Crippen LogP contribution in [0.1, 0.15) is 25.7 Å². The third kappa shape index (κ3) is 5.48. The lowest BCUT2D eigenvalue weighted by atomic mass is 10.1. The van der Waals surface area contributed by atoms with Gasteiger partial charge in [0.15, 0.2) is 0 Å². The van der Waals surface area contributed by atoms with Crippen LogP contribution in [0.4, 0.5) is 11.5 Å². The number of aliphatic carboxylic acids is 1. The normalized spacial score (nSPS) is 15.3. The first kappa shape index (κ1) is 17.1. The number of hydrogen-bond acceptors (Lipinski definition) is 6. The Bertz CT molecular complexity index is 529. The average molecular weight is 322 g/mol. The molecule has 0 amide bonds. The van der Waals surface area contributed by atoms with E-state index in [9.17, 15) is 14.9 Å². The topological polar surface area (TPSA) is 99.8 Å². The van der Waals surface area contributed by atoms with Gasteiger partial charge in [-0.1, -0.05) is 6.42 Å². The third-order valence-electron chi connectivity index (χ3n) is 4.00. The van der Waals surface area contributed by atoms with Crippen molar-refractivity contribution in [3.05, 3.63) is 28.4 Å². The van der Waals surface area contributed by atoms with Gasteiger partial charge in [-0.3, -0.25) is 14.9 Å². The van der Waals surface area contributed by atoms with Gasteiger partial charge in [0.2, 0.25) is 0 Å². The van der Waals surface area contributed by atoms with E-state index in [1.54, 1.807) is 6.07 Å². The molecule has 0 spiro atoms. The number of nitro groups is 1. The minimum Gasteiger partial charge on any atom is -0.481 e. The molecule has 8 heteroatoms. The van der Waals surface area contributed by atoms with E-state index in [0.29, 0.717) is 18.9 Å². The fourth-order valence-electron chi connectivity index (χ4n) is 2.69. The zero-order chi connectivity index (χ0) is 16.7. The zero-order valence-electron chi connectivity index (χ0n) is 13.1. The maximum Gasteiger partial charge on any atom is 0.305 e. The standard InChI is InChI=1S/C15H22N4O4/c20-15(21)6-9-18(11-10-17-7-2-1-3-8-17)14-5-4-13(12-16-14)19(22)23/h4-5,12H,1-3,6-11H2,(H,20,21). The quantitative estimate of drug-likeness (QED) is 0.575. The highest BCUT2D eigenvalue weighted by molar-refractivity contribution is 5.67. The summed E-state index contributed by atoms with van der Waals surface area (Å²) in [7, 11) is 0. The molecule has 0 saturated carbocycles. The highest BCUT2D eigenvalue weighted by Crippen LogP contribution is 2.17. The van der Waals surface area contributed by atoms with Crippen molar-refractivity contribution in [2.75, 3.05) is 37.6 Å². The van der Waals surface area contributed by atoms with Gasteiger partial charge in [0.25, 0.3) is 5.69 Å². The van der Waals surface area contributed by atoms with Crippen molar-refractivity contribution in [1.29, 1.82) is 0 Å². The monoisotopic (exact) mass is 322 g/mol. The van der Waals surface area contributed by atoms with Gasteiger partial charge in [0.05, 0.1) is 11.3 Å². The molecule has 2 rings (SSSR count). The van der Waals surface area contributed by atoms with E-state index in [4.69, 9.17) is 5.11 Å². The molecule has 0 aliphatic carbocycles. The third-order valence-corrected chi connectivity index (χ3v) is 4.00. The Morgan fingerprint density at radius 1 is 1.30 bits per heavy atom. The van der Waals surface area contributed by atoms with Crippen LogP contribution in [-0.2, 0) is 4.79 Å². The number of carbonyl (C=O) groups is 1. The lowest BCUT2D eigenvalue weighted by Gasteiger charge is -2.30. The predicted molar refractivity (Wildman–Crippen MR) is 85.6 cm³/mol. The summed E-state index contributed by atoms with van der Waals surface area (Å²) < 4.78 is 0. The highest BCUT2D eigenvalue weighted by Gasteiger charge is 2.15. The zero-order valence-corrected chi connectivity index (χ0v) is 13.1. The Balaban J connectivity index is 1.99. The van der Waals surface area contributed by atoms with Crippen molar-refractivity contribution in [2.45, 2.75) is 25.7 Å². The molecule has 126 valence electrons. The van der Waals surface area contributed by atoms with Crippen LogP contribution in [-0.4, -0.2) is 58.6 Å². The molecule has 1 aliphatic rings. The van der Waals surface area contributed by atoms with Crippen LogP contribution in [0.25, 0.3) is 0 Å². The van der Waals surface area contributed by atoms with Crippen LogP contribution in [0.3, 0.4) is 0 Å². The molecular weight excluding hydrogens is 300 g/mol. The molecule has 2 heterocycles. The van der Waals surface area contributed by atoms with Crippen LogP contribution in [0.2, 0.25) is 0 Å². The number of aromatic nitrogens is 1. The lowest BCUT2D eigenvalue weighted by Crippen LogP contribution is -2.39. The minimum absolute atomic E-state index is 0.0126. The molecule has 0 aromatic carbocycles. The van der Waals surface area contributed by atoms with Crippen molar-refractivity contribution in [2.24, 2.45) is 0 Å². The largest absolute Gasteiger partial charge is 0.481 e. The van der Waals surface area contributed by atoms with Gasteiger partial charge in [-0.25, -0.2) is 4.98 Å². The van der Waals surface area contributed by atoms with Crippen molar-refractivity contribution in [3.8, 4) is 0 Å². The Labute approximate surface area is 134 Å². The molecule has 1 saturated heterocycles. The summed E-state index contributed by atoms with van der Waals surface area (Å²) in [6.45, 7) is 3.99. The molecule has 0 atom stereocenters. The Kier molecular flexibility index (Phi) is 6.28. The fourth-order valence-corrected chi connectivity index (χ4v) is 2.69. The average Bonchev–Trinajstić information content (AvgIpc) is 2.56. The molecule has 0 bridgehead atoms. The van der Waals surface area contributed by atoms with Crippen LogP contribution >= 0.6 is 0 Å². The summed E-state index contributed by atoms with van der Waals surface area (Å²) in [5.41, 5.74) is -0.0667.